The number of nitrogens with zero attached hydrogens (tertiary/aromatic N) is 1. The first-order valence-electron chi connectivity index (χ1n) is 5.49. The van der Waals surface area contributed by atoms with Gasteiger partial charge in [0.1, 0.15) is 5.60 Å². The molecule has 0 saturated carbocycles. The van der Waals surface area contributed by atoms with Crippen molar-refractivity contribution < 1.29 is 14.6 Å². The quantitative estimate of drug-likeness (QED) is 0.766. The normalized spacial score (nSPS) is 11.3. The van der Waals surface area contributed by atoms with Crippen LogP contribution in [-0.2, 0) is 4.74 Å². The molecule has 0 aromatic heterocycles. The van der Waals surface area contributed by atoms with Crippen molar-refractivity contribution in [3.8, 4) is 0 Å². The van der Waals surface area contributed by atoms with Crippen LogP contribution in [-0.4, -0.2) is 41.4 Å². The van der Waals surface area contributed by atoms with Crippen molar-refractivity contribution in [3.63, 3.8) is 0 Å². The molecule has 0 bridgehead atoms. The van der Waals surface area contributed by atoms with Crippen LogP contribution in [0.15, 0.2) is 0 Å². The van der Waals surface area contributed by atoms with Crippen molar-refractivity contribution in [1.82, 2.24) is 4.90 Å². The molecule has 15 heavy (non-hydrogen) atoms. The van der Waals surface area contributed by atoms with Gasteiger partial charge in [-0.1, -0.05) is 6.92 Å². The number of hydrogen-bond acceptors (Lipinski definition) is 3. The molecule has 4 heteroatoms. The Morgan fingerprint density at radius 1 is 1.33 bits per heavy atom. The Kier molecular flexibility index (Phi) is 6.32. The van der Waals surface area contributed by atoms with E-state index in [1.807, 2.05) is 27.7 Å². The number of hydrogen-bond donors (Lipinski definition) is 1. The summed E-state index contributed by atoms with van der Waals surface area (Å²) < 4.78 is 5.25. The SMILES string of the molecule is CCCN(CCCO)C(=O)OC(C)(C)C. The summed E-state index contributed by atoms with van der Waals surface area (Å²) in [5.41, 5.74) is -0.456. The highest BCUT2D eigenvalue weighted by Gasteiger charge is 2.20. The molecule has 0 saturated heterocycles. The van der Waals surface area contributed by atoms with Gasteiger partial charge < -0.3 is 14.7 Å². The Morgan fingerprint density at radius 2 is 1.93 bits per heavy atom. The molecule has 1 amide bonds. The largest absolute Gasteiger partial charge is 0.444 e. The van der Waals surface area contributed by atoms with Gasteiger partial charge in [0.25, 0.3) is 0 Å². The Hall–Kier alpha value is -0.770. The lowest BCUT2D eigenvalue weighted by Crippen LogP contribution is -2.38. The van der Waals surface area contributed by atoms with Gasteiger partial charge in [-0.15, -0.1) is 0 Å². The molecule has 0 aliphatic rings. The predicted octanol–water partition coefficient (Wildman–Crippen LogP) is 2.02. The summed E-state index contributed by atoms with van der Waals surface area (Å²) in [4.78, 5) is 13.3. The molecule has 0 spiro atoms. The monoisotopic (exact) mass is 217 g/mol. The topological polar surface area (TPSA) is 49.8 Å². The average Bonchev–Trinajstić information content (AvgIpc) is 2.09. The Labute approximate surface area is 92.2 Å². The number of rotatable bonds is 5. The fourth-order valence-electron chi connectivity index (χ4n) is 1.15. The third kappa shape index (κ3) is 7.19. The zero-order valence-corrected chi connectivity index (χ0v) is 10.2. The minimum atomic E-state index is -0.456. The third-order valence-corrected chi connectivity index (χ3v) is 1.73. The number of carbonyl (C=O) groups excluding carboxylic acids is 1. The van der Waals surface area contributed by atoms with Crippen molar-refractivity contribution in [2.24, 2.45) is 0 Å². The molecule has 0 aliphatic heterocycles. The van der Waals surface area contributed by atoms with E-state index in [2.05, 4.69) is 0 Å². The number of amides is 1. The van der Waals surface area contributed by atoms with Gasteiger partial charge >= 0.3 is 6.09 Å². The Balaban J connectivity index is 4.15. The van der Waals surface area contributed by atoms with Crippen molar-refractivity contribution in [1.29, 1.82) is 0 Å². The maximum Gasteiger partial charge on any atom is 0.410 e. The van der Waals surface area contributed by atoms with E-state index >= 15 is 0 Å². The minimum Gasteiger partial charge on any atom is -0.444 e. The molecule has 0 aromatic carbocycles. The van der Waals surface area contributed by atoms with Gasteiger partial charge in [-0.3, -0.25) is 0 Å². The van der Waals surface area contributed by atoms with Gasteiger partial charge in [-0.05, 0) is 33.6 Å². The maximum absolute atomic E-state index is 11.7. The van der Waals surface area contributed by atoms with Gasteiger partial charge in [-0.25, -0.2) is 4.79 Å². The van der Waals surface area contributed by atoms with E-state index in [9.17, 15) is 4.79 Å². The van der Waals surface area contributed by atoms with Crippen LogP contribution in [0.5, 0.6) is 0 Å². The standard InChI is InChI=1S/C11H23NO3/c1-5-7-12(8-6-9-13)10(14)15-11(2,3)4/h13H,5-9H2,1-4H3. The number of carbonyl (C=O) groups is 1. The molecular formula is C11H23NO3. The first-order chi connectivity index (χ1) is 6.90. The number of aliphatic hydroxyl groups excluding tert-OH is 1. The first kappa shape index (κ1) is 14.2. The van der Waals surface area contributed by atoms with Crippen molar-refractivity contribution >= 4 is 6.09 Å². The summed E-state index contributed by atoms with van der Waals surface area (Å²) in [6.45, 7) is 8.89. The summed E-state index contributed by atoms with van der Waals surface area (Å²) in [6, 6.07) is 0. The molecule has 0 fully saturated rings. The van der Waals surface area contributed by atoms with Crippen LogP contribution < -0.4 is 0 Å². The second kappa shape index (κ2) is 6.67. The molecule has 1 N–H and O–H groups in total. The van der Waals surface area contributed by atoms with Crippen LogP contribution in [0, 0.1) is 0 Å². The summed E-state index contributed by atoms with van der Waals surface area (Å²) in [5, 5.41) is 8.72. The lowest BCUT2D eigenvalue weighted by atomic mass is 10.2. The van der Waals surface area contributed by atoms with Gasteiger partial charge in [0, 0.05) is 19.7 Å². The molecule has 90 valence electrons. The molecule has 0 aliphatic carbocycles. The van der Waals surface area contributed by atoms with Crippen LogP contribution in [0.3, 0.4) is 0 Å². The Bertz CT molecular complexity index is 187. The smallest absolute Gasteiger partial charge is 0.410 e. The zero-order valence-electron chi connectivity index (χ0n) is 10.2. The highest BCUT2D eigenvalue weighted by atomic mass is 16.6. The highest BCUT2D eigenvalue weighted by Crippen LogP contribution is 2.10. The van der Waals surface area contributed by atoms with Crippen molar-refractivity contribution in [2.75, 3.05) is 19.7 Å². The molecule has 0 aromatic rings. The van der Waals surface area contributed by atoms with Crippen LogP contribution >= 0.6 is 0 Å². The predicted molar refractivity (Wildman–Crippen MR) is 59.8 cm³/mol. The van der Waals surface area contributed by atoms with Crippen LogP contribution in [0.2, 0.25) is 0 Å². The van der Waals surface area contributed by atoms with E-state index in [-0.39, 0.29) is 12.7 Å². The molecule has 0 radical (unpaired) electrons. The molecule has 4 nitrogen and oxygen atoms in total. The average molecular weight is 217 g/mol. The molecular weight excluding hydrogens is 194 g/mol. The summed E-state index contributed by atoms with van der Waals surface area (Å²) in [7, 11) is 0. The van der Waals surface area contributed by atoms with Gasteiger partial charge in [0.2, 0.25) is 0 Å². The lowest BCUT2D eigenvalue weighted by molar-refractivity contribution is 0.0240. The third-order valence-electron chi connectivity index (χ3n) is 1.73. The molecule has 0 rings (SSSR count). The highest BCUT2D eigenvalue weighted by molar-refractivity contribution is 5.68. The number of aliphatic hydroxyl groups is 1. The second-order valence-corrected chi connectivity index (χ2v) is 4.54. The lowest BCUT2D eigenvalue weighted by Gasteiger charge is -2.27. The maximum atomic E-state index is 11.7. The van der Waals surface area contributed by atoms with Crippen molar-refractivity contribution in [3.05, 3.63) is 0 Å². The molecule has 0 unspecified atom stereocenters. The zero-order chi connectivity index (χ0) is 11.9. The van der Waals surface area contributed by atoms with Gasteiger partial charge in [0.05, 0.1) is 0 Å². The fourth-order valence-corrected chi connectivity index (χ4v) is 1.15. The number of ether oxygens (including phenoxy) is 1. The van der Waals surface area contributed by atoms with E-state index in [4.69, 9.17) is 9.84 Å². The molecule has 0 heterocycles. The molecule has 0 atom stereocenters. The van der Waals surface area contributed by atoms with Gasteiger partial charge in [-0.2, -0.15) is 0 Å². The first-order valence-corrected chi connectivity index (χ1v) is 5.49. The summed E-state index contributed by atoms with van der Waals surface area (Å²) >= 11 is 0. The second-order valence-electron chi connectivity index (χ2n) is 4.54. The Morgan fingerprint density at radius 3 is 2.33 bits per heavy atom. The fraction of sp³-hybridized carbons (Fsp3) is 0.909. The summed E-state index contributed by atoms with van der Waals surface area (Å²) in [5.74, 6) is 0. The van der Waals surface area contributed by atoms with E-state index in [0.29, 0.717) is 19.5 Å². The van der Waals surface area contributed by atoms with Crippen LogP contribution in [0.25, 0.3) is 0 Å². The van der Waals surface area contributed by atoms with E-state index in [0.717, 1.165) is 6.42 Å². The van der Waals surface area contributed by atoms with Crippen molar-refractivity contribution in [2.45, 2.75) is 46.1 Å². The van der Waals surface area contributed by atoms with Crippen LogP contribution in [0.4, 0.5) is 4.79 Å². The van der Waals surface area contributed by atoms with Gasteiger partial charge in [0.15, 0.2) is 0 Å². The van der Waals surface area contributed by atoms with Crippen LogP contribution in [0.1, 0.15) is 40.5 Å². The minimum absolute atomic E-state index is 0.100. The van der Waals surface area contributed by atoms with E-state index in [1.165, 1.54) is 0 Å². The summed E-state index contributed by atoms with van der Waals surface area (Å²) in [6.07, 6.45) is 1.20. The van der Waals surface area contributed by atoms with E-state index in [1.54, 1.807) is 4.90 Å². The van der Waals surface area contributed by atoms with E-state index < -0.39 is 5.60 Å².